The molecule has 2 aliphatic heterocycles. The number of benzene rings is 1. The lowest BCUT2D eigenvalue weighted by atomic mass is 9.97. The quantitative estimate of drug-likeness (QED) is 0.774. The molecule has 5 heteroatoms. The molecule has 0 spiro atoms. The average molecular weight is 293 g/mol. The molecule has 2 heterocycles. The fourth-order valence-electron chi connectivity index (χ4n) is 3.17. The van der Waals surface area contributed by atoms with Crippen LogP contribution in [0.15, 0.2) is 24.3 Å². The van der Waals surface area contributed by atoms with Crippen LogP contribution in [-0.2, 0) is 4.74 Å². The molecule has 0 saturated carbocycles. The van der Waals surface area contributed by atoms with Crippen LogP contribution >= 0.6 is 0 Å². The highest BCUT2D eigenvalue weighted by Crippen LogP contribution is 2.27. The van der Waals surface area contributed by atoms with Crippen LogP contribution in [0.5, 0.6) is 0 Å². The lowest BCUT2D eigenvalue weighted by Crippen LogP contribution is -2.38. The molecule has 3 N–H and O–H groups in total. The molecule has 3 rings (SSSR count). The third kappa shape index (κ3) is 3.61. The van der Waals surface area contributed by atoms with Gasteiger partial charge in [-0.05, 0) is 37.5 Å². The van der Waals surface area contributed by atoms with E-state index >= 15 is 0 Å². The predicted octanol–water partition coefficient (Wildman–Crippen LogP) is 1.75. The van der Waals surface area contributed by atoms with E-state index in [1.807, 2.05) is 12.1 Å². The number of hydrogen-bond donors (Lipinski definition) is 3. The van der Waals surface area contributed by atoms with E-state index in [4.69, 9.17) is 4.74 Å². The van der Waals surface area contributed by atoms with Crippen molar-refractivity contribution < 1.29 is 9.13 Å². The maximum Gasteiger partial charge on any atom is 0.123 e. The molecule has 0 bridgehead atoms. The van der Waals surface area contributed by atoms with Gasteiger partial charge in [-0.3, -0.25) is 10.9 Å². The first-order chi connectivity index (χ1) is 10.2. The summed E-state index contributed by atoms with van der Waals surface area (Å²) in [6.45, 7) is 4.90. The first-order valence-corrected chi connectivity index (χ1v) is 7.83. The van der Waals surface area contributed by atoms with E-state index in [9.17, 15) is 4.39 Å². The first-order valence-electron chi connectivity index (χ1n) is 7.83. The molecule has 4 unspecified atom stereocenters. The van der Waals surface area contributed by atoms with E-state index in [-0.39, 0.29) is 18.0 Å². The number of hydrogen-bond acceptors (Lipinski definition) is 4. The van der Waals surface area contributed by atoms with Crippen molar-refractivity contribution in [3.63, 3.8) is 0 Å². The van der Waals surface area contributed by atoms with E-state index in [1.165, 1.54) is 12.1 Å². The van der Waals surface area contributed by atoms with E-state index in [2.05, 4.69) is 23.1 Å². The van der Waals surface area contributed by atoms with Crippen LogP contribution in [0, 0.1) is 11.7 Å². The molecule has 2 fully saturated rings. The van der Waals surface area contributed by atoms with Gasteiger partial charge in [-0.1, -0.05) is 12.1 Å². The zero-order valence-corrected chi connectivity index (χ0v) is 12.4. The van der Waals surface area contributed by atoms with Crippen molar-refractivity contribution in [1.82, 2.24) is 16.2 Å². The van der Waals surface area contributed by atoms with Gasteiger partial charge < -0.3 is 10.1 Å². The second-order valence-electron chi connectivity index (χ2n) is 6.06. The fraction of sp³-hybridized carbons (Fsp3) is 0.625. The largest absolute Gasteiger partial charge is 0.376 e. The Morgan fingerprint density at radius 2 is 2.19 bits per heavy atom. The number of halogens is 1. The molecule has 0 aliphatic carbocycles. The van der Waals surface area contributed by atoms with E-state index in [1.54, 1.807) is 0 Å². The third-order valence-electron chi connectivity index (χ3n) is 4.57. The zero-order chi connectivity index (χ0) is 14.7. The van der Waals surface area contributed by atoms with Crippen LogP contribution in [0.3, 0.4) is 0 Å². The van der Waals surface area contributed by atoms with Gasteiger partial charge in [0, 0.05) is 31.7 Å². The van der Waals surface area contributed by atoms with Gasteiger partial charge in [0.2, 0.25) is 0 Å². The Balaban J connectivity index is 1.68. The SMILES string of the molecule is CC1NNCC1CNC(c1ccc(F)cc1)C1CCCO1. The van der Waals surface area contributed by atoms with Crippen molar-refractivity contribution in [3.05, 3.63) is 35.6 Å². The highest BCUT2D eigenvalue weighted by Gasteiger charge is 2.29. The Labute approximate surface area is 125 Å². The number of nitrogens with one attached hydrogen (secondary N) is 3. The maximum atomic E-state index is 13.1. The van der Waals surface area contributed by atoms with Crippen LogP contribution in [0.1, 0.15) is 31.4 Å². The minimum absolute atomic E-state index is 0.140. The zero-order valence-electron chi connectivity index (χ0n) is 12.4. The second kappa shape index (κ2) is 6.83. The van der Waals surface area contributed by atoms with Gasteiger partial charge in [-0.2, -0.15) is 0 Å². The van der Waals surface area contributed by atoms with Gasteiger partial charge >= 0.3 is 0 Å². The van der Waals surface area contributed by atoms with Gasteiger partial charge in [0.15, 0.2) is 0 Å². The van der Waals surface area contributed by atoms with Crippen LogP contribution in [0.4, 0.5) is 4.39 Å². The monoisotopic (exact) mass is 293 g/mol. The Morgan fingerprint density at radius 1 is 1.38 bits per heavy atom. The maximum absolute atomic E-state index is 13.1. The lowest BCUT2D eigenvalue weighted by Gasteiger charge is -2.27. The topological polar surface area (TPSA) is 45.3 Å². The summed E-state index contributed by atoms with van der Waals surface area (Å²) in [6, 6.07) is 7.38. The van der Waals surface area contributed by atoms with Gasteiger partial charge in [0.05, 0.1) is 12.1 Å². The molecule has 1 aromatic rings. The summed E-state index contributed by atoms with van der Waals surface area (Å²) < 4.78 is 19.0. The Kier molecular flexibility index (Phi) is 4.85. The second-order valence-corrected chi connectivity index (χ2v) is 6.06. The molecular weight excluding hydrogens is 269 g/mol. The molecule has 2 saturated heterocycles. The van der Waals surface area contributed by atoms with Crippen molar-refractivity contribution in [2.24, 2.45) is 5.92 Å². The minimum atomic E-state index is -0.192. The molecule has 1 aromatic carbocycles. The standard InChI is InChI=1S/C16H24FN3O/c1-11-13(10-19-20-11)9-18-16(15-3-2-8-21-15)12-4-6-14(17)7-5-12/h4-7,11,13,15-16,18-20H,2-3,8-10H2,1H3. The van der Waals surface area contributed by atoms with Crippen LogP contribution in [0.2, 0.25) is 0 Å². The Morgan fingerprint density at radius 3 is 2.81 bits per heavy atom. The predicted molar refractivity (Wildman–Crippen MR) is 80.2 cm³/mol. The van der Waals surface area contributed by atoms with Crippen LogP contribution in [0.25, 0.3) is 0 Å². The molecule has 0 aromatic heterocycles. The molecule has 21 heavy (non-hydrogen) atoms. The van der Waals surface area contributed by atoms with E-state index in [0.29, 0.717) is 12.0 Å². The molecule has 0 radical (unpaired) electrons. The number of ether oxygens (including phenoxy) is 1. The van der Waals surface area contributed by atoms with Crippen molar-refractivity contribution in [3.8, 4) is 0 Å². The van der Waals surface area contributed by atoms with Gasteiger partial charge in [-0.25, -0.2) is 4.39 Å². The Bertz CT molecular complexity index is 447. The van der Waals surface area contributed by atoms with Crippen molar-refractivity contribution in [2.75, 3.05) is 19.7 Å². The molecule has 2 aliphatic rings. The summed E-state index contributed by atoms with van der Waals surface area (Å²) in [6.07, 6.45) is 2.35. The summed E-state index contributed by atoms with van der Waals surface area (Å²) in [5.41, 5.74) is 7.54. The molecule has 0 amide bonds. The smallest absolute Gasteiger partial charge is 0.123 e. The van der Waals surface area contributed by atoms with Crippen molar-refractivity contribution in [1.29, 1.82) is 0 Å². The van der Waals surface area contributed by atoms with Gasteiger partial charge in [0.1, 0.15) is 5.82 Å². The minimum Gasteiger partial charge on any atom is -0.376 e. The van der Waals surface area contributed by atoms with Gasteiger partial charge in [-0.15, -0.1) is 0 Å². The Hall–Kier alpha value is -1.01. The van der Waals surface area contributed by atoms with Gasteiger partial charge in [0.25, 0.3) is 0 Å². The highest BCUT2D eigenvalue weighted by atomic mass is 19.1. The normalized spacial score (nSPS) is 30.7. The number of rotatable bonds is 5. The fourth-order valence-corrected chi connectivity index (χ4v) is 3.17. The first kappa shape index (κ1) is 14.9. The third-order valence-corrected chi connectivity index (χ3v) is 4.57. The lowest BCUT2D eigenvalue weighted by molar-refractivity contribution is 0.0767. The molecule has 116 valence electrons. The van der Waals surface area contributed by atoms with E-state index in [0.717, 1.165) is 38.1 Å². The number of hydrazine groups is 1. The summed E-state index contributed by atoms with van der Waals surface area (Å²) in [5, 5.41) is 3.64. The summed E-state index contributed by atoms with van der Waals surface area (Å²) >= 11 is 0. The molecular formula is C16H24FN3O. The highest BCUT2D eigenvalue weighted by molar-refractivity contribution is 5.21. The summed E-state index contributed by atoms with van der Waals surface area (Å²) in [5.74, 6) is 0.358. The van der Waals surface area contributed by atoms with Crippen LogP contribution < -0.4 is 16.2 Å². The van der Waals surface area contributed by atoms with Crippen molar-refractivity contribution >= 4 is 0 Å². The summed E-state index contributed by atoms with van der Waals surface area (Å²) in [7, 11) is 0. The molecule has 4 atom stereocenters. The average Bonchev–Trinajstić information content (AvgIpc) is 3.13. The summed E-state index contributed by atoms with van der Waals surface area (Å²) in [4.78, 5) is 0. The van der Waals surface area contributed by atoms with E-state index < -0.39 is 0 Å². The molecule has 4 nitrogen and oxygen atoms in total. The van der Waals surface area contributed by atoms with Crippen LogP contribution in [-0.4, -0.2) is 31.8 Å². The van der Waals surface area contributed by atoms with Crippen molar-refractivity contribution in [2.45, 2.75) is 38.0 Å².